The molecule has 150 valence electrons. The number of carbonyl (C=O) groups excluding carboxylic acids is 1. The fourth-order valence-corrected chi connectivity index (χ4v) is 4.16. The Morgan fingerprint density at radius 3 is 3.00 bits per heavy atom. The second-order valence-electron chi connectivity index (χ2n) is 7.60. The molecule has 1 saturated carbocycles. The summed E-state index contributed by atoms with van der Waals surface area (Å²) >= 11 is 0. The van der Waals surface area contributed by atoms with Crippen LogP contribution in [0.15, 0.2) is 24.4 Å². The molecule has 0 spiro atoms. The highest BCUT2D eigenvalue weighted by Gasteiger charge is 2.24. The lowest BCUT2D eigenvalue weighted by Gasteiger charge is -2.24. The Morgan fingerprint density at radius 2 is 2.21 bits per heavy atom. The molecule has 1 fully saturated rings. The summed E-state index contributed by atoms with van der Waals surface area (Å²) in [6, 6.07) is 6.37. The molecule has 2 aromatic rings. The molecular formula is C21H28N4O3. The van der Waals surface area contributed by atoms with E-state index in [4.69, 9.17) is 9.47 Å². The average Bonchev–Trinajstić information content (AvgIpc) is 3.38. The normalized spacial score (nSPS) is 15.8. The molecule has 0 unspecified atom stereocenters. The predicted octanol–water partition coefficient (Wildman–Crippen LogP) is 2.44. The van der Waals surface area contributed by atoms with Gasteiger partial charge < -0.3 is 19.7 Å². The summed E-state index contributed by atoms with van der Waals surface area (Å²) in [6.45, 7) is 2.19. The summed E-state index contributed by atoms with van der Waals surface area (Å²) in [5, 5.41) is 7.45. The van der Waals surface area contributed by atoms with Crippen LogP contribution in [0.2, 0.25) is 0 Å². The van der Waals surface area contributed by atoms with Gasteiger partial charge in [-0.1, -0.05) is 12.8 Å². The third kappa shape index (κ3) is 3.85. The van der Waals surface area contributed by atoms with E-state index in [0.717, 1.165) is 34.9 Å². The maximum Gasteiger partial charge on any atom is 0.241 e. The molecular weight excluding hydrogens is 356 g/mol. The number of methoxy groups -OCH3 is 1. The van der Waals surface area contributed by atoms with Crippen molar-refractivity contribution in [2.45, 2.75) is 44.9 Å². The maximum absolute atomic E-state index is 12.5. The molecule has 4 rings (SSSR count). The van der Waals surface area contributed by atoms with E-state index >= 15 is 0 Å². The summed E-state index contributed by atoms with van der Waals surface area (Å²) in [6.07, 6.45) is 6.96. The molecule has 1 N–H and O–H groups in total. The van der Waals surface area contributed by atoms with Gasteiger partial charge in [0.05, 0.1) is 19.0 Å². The van der Waals surface area contributed by atoms with Crippen molar-refractivity contribution >= 4 is 5.91 Å². The summed E-state index contributed by atoms with van der Waals surface area (Å²) in [5.41, 5.74) is 2.82. The van der Waals surface area contributed by atoms with Crippen LogP contribution in [0.4, 0.5) is 0 Å². The molecule has 1 aromatic heterocycles. The van der Waals surface area contributed by atoms with Crippen LogP contribution < -0.4 is 14.8 Å². The molecule has 1 amide bonds. The Balaban J connectivity index is 1.39. The first-order chi connectivity index (χ1) is 13.7. The van der Waals surface area contributed by atoms with Crippen molar-refractivity contribution in [2.75, 3.05) is 27.2 Å². The lowest BCUT2D eigenvalue weighted by molar-refractivity contribution is -0.121. The van der Waals surface area contributed by atoms with Crippen molar-refractivity contribution in [3.05, 3.63) is 30.0 Å². The smallest absolute Gasteiger partial charge is 0.241 e. The van der Waals surface area contributed by atoms with Crippen molar-refractivity contribution in [1.29, 1.82) is 0 Å². The third-order valence-corrected chi connectivity index (χ3v) is 5.77. The lowest BCUT2D eigenvalue weighted by Crippen LogP contribution is -2.38. The Labute approximate surface area is 165 Å². The van der Waals surface area contributed by atoms with Crippen LogP contribution in [-0.2, 0) is 17.9 Å². The quantitative estimate of drug-likeness (QED) is 0.794. The first kappa shape index (κ1) is 18.8. The van der Waals surface area contributed by atoms with E-state index in [-0.39, 0.29) is 12.5 Å². The molecule has 7 heteroatoms. The molecule has 2 aliphatic rings. The number of likely N-dealkylation sites (N-methyl/N-ethyl adjacent to an activating group) is 1. The van der Waals surface area contributed by atoms with Crippen molar-refractivity contribution in [3.63, 3.8) is 0 Å². The van der Waals surface area contributed by atoms with Gasteiger partial charge in [0.15, 0.2) is 0 Å². The SMILES string of the molecule is COc1ccc2c(c1)-c1c(cnn1CC(=O)NCCN(C)C1CCCC1)CO2. The van der Waals surface area contributed by atoms with E-state index in [2.05, 4.69) is 22.4 Å². The zero-order valence-electron chi connectivity index (χ0n) is 16.6. The van der Waals surface area contributed by atoms with Crippen LogP contribution >= 0.6 is 0 Å². The Hall–Kier alpha value is -2.54. The molecule has 1 aliphatic heterocycles. The highest BCUT2D eigenvalue weighted by molar-refractivity contribution is 5.78. The molecule has 0 radical (unpaired) electrons. The van der Waals surface area contributed by atoms with Crippen molar-refractivity contribution in [2.24, 2.45) is 0 Å². The Morgan fingerprint density at radius 1 is 1.39 bits per heavy atom. The van der Waals surface area contributed by atoms with Gasteiger partial charge in [0.2, 0.25) is 5.91 Å². The number of hydrogen-bond acceptors (Lipinski definition) is 5. The summed E-state index contributed by atoms with van der Waals surface area (Å²) in [5.74, 6) is 1.51. The molecule has 1 aliphatic carbocycles. The van der Waals surface area contributed by atoms with E-state index in [0.29, 0.717) is 19.2 Å². The van der Waals surface area contributed by atoms with Gasteiger partial charge in [0, 0.05) is 30.3 Å². The van der Waals surface area contributed by atoms with E-state index in [1.165, 1.54) is 25.7 Å². The molecule has 28 heavy (non-hydrogen) atoms. The van der Waals surface area contributed by atoms with Crippen LogP contribution in [0, 0.1) is 0 Å². The second-order valence-corrected chi connectivity index (χ2v) is 7.60. The van der Waals surface area contributed by atoms with E-state index < -0.39 is 0 Å². The number of aromatic nitrogens is 2. The zero-order valence-corrected chi connectivity index (χ0v) is 16.6. The number of fused-ring (bicyclic) bond motifs is 3. The monoisotopic (exact) mass is 384 g/mol. The number of ether oxygens (including phenoxy) is 2. The summed E-state index contributed by atoms with van der Waals surface area (Å²) in [4.78, 5) is 14.9. The van der Waals surface area contributed by atoms with Crippen LogP contribution in [0.3, 0.4) is 0 Å². The van der Waals surface area contributed by atoms with Crippen molar-refractivity contribution in [1.82, 2.24) is 20.0 Å². The van der Waals surface area contributed by atoms with Gasteiger partial charge in [-0.15, -0.1) is 0 Å². The lowest BCUT2D eigenvalue weighted by atomic mass is 10.0. The molecule has 0 saturated heterocycles. The first-order valence-electron chi connectivity index (χ1n) is 9.98. The Kier molecular flexibility index (Phi) is 5.52. The Bertz CT molecular complexity index is 842. The van der Waals surface area contributed by atoms with Gasteiger partial charge in [0.1, 0.15) is 24.7 Å². The summed E-state index contributed by atoms with van der Waals surface area (Å²) in [7, 11) is 3.79. The number of hydrogen-bond donors (Lipinski definition) is 1. The van der Waals surface area contributed by atoms with Crippen molar-refractivity contribution in [3.8, 4) is 22.8 Å². The number of nitrogens with one attached hydrogen (secondary N) is 1. The minimum absolute atomic E-state index is 0.0262. The topological polar surface area (TPSA) is 68.6 Å². The highest BCUT2D eigenvalue weighted by Crippen LogP contribution is 2.39. The third-order valence-electron chi connectivity index (χ3n) is 5.77. The number of rotatable bonds is 7. The standard InChI is InChI=1S/C21H28N4O3/c1-24(16-5-3-4-6-16)10-9-22-20(26)13-25-21-15(12-23-25)14-28-19-8-7-17(27-2)11-18(19)21/h7-8,11-12,16H,3-6,9-10,13-14H2,1-2H3,(H,22,26). The van der Waals surface area contributed by atoms with Crippen molar-refractivity contribution < 1.29 is 14.3 Å². The number of amides is 1. The molecule has 0 bridgehead atoms. The molecule has 0 atom stereocenters. The van der Waals surface area contributed by atoms with E-state index in [9.17, 15) is 4.79 Å². The van der Waals surface area contributed by atoms with Gasteiger partial charge >= 0.3 is 0 Å². The zero-order chi connectivity index (χ0) is 19.5. The van der Waals surface area contributed by atoms with Crippen LogP contribution in [0.25, 0.3) is 11.3 Å². The molecule has 1 aromatic carbocycles. The van der Waals surface area contributed by atoms with Crippen LogP contribution in [0.5, 0.6) is 11.5 Å². The number of benzene rings is 1. The van der Waals surface area contributed by atoms with Gasteiger partial charge in [-0.25, -0.2) is 0 Å². The predicted molar refractivity (Wildman–Crippen MR) is 106 cm³/mol. The van der Waals surface area contributed by atoms with Gasteiger partial charge in [-0.05, 0) is 38.1 Å². The average molecular weight is 384 g/mol. The van der Waals surface area contributed by atoms with Crippen LogP contribution in [0.1, 0.15) is 31.2 Å². The fraction of sp³-hybridized carbons (Fsp3) is 0.524. The minimum Gasteiger partial charge on any atom is -0.497 e. The van der Waals surface area contributed by atoms with E-state index in [1.807, 2.05) is 18.2 Å². The minimum atomic E-state index is -0.0262. The second kappa shape index (κ2) is 8.22. The van der Waals surface area contributed by atoms with Gasteiger partial charge in [0.25, 0.3) is 0 Å². The van der Waals surface area contributed by atoms with E-state index in [1.54, 1.807) is 18.0 Å². The fourth-order valence-electron chi connectivity index (χ4n) is 4.16. The molecule has 7 nitrogen and oxygen atoms in total. The first-order valence-corrected chi connectivity index (χ1v) is 9.98. The highest BCUT2D eigenvalue weighted by atomic mass is 16.5. The van der Waals surface area contributed by atoms with Gasteiger partial charge in [-0.2, -0.15) is 5.10 Å². The molecule has 2 heterocycles. The number of carbonyl (C=O) groups is 1. The summed E-state index contributed by atoms with van der Waals surface area (Å²) < 4.78 is 12.9. The van der Waals surface area contributed by atoms with Gasteiger partial charge in [-0.3, -0.25) is 9.48 Å². The maximum atomic E-state index is 12.5. The number of nitrogens with zero attached hydrogens (tertiary/aromatic N) is 3. The largest absolute Gasteiger partial charge is 0.497 e. The van der Waals surface area contributed by atoms with Crippen LogP contribution in [-0.4, -0.2) is 53.9 Å².